The van der Waals surface area contributed by atoms with Crippen LogP contribution in [0.1, 0.15) is 12.7 Å². The van der Waals surface area contributed by atoms with Crippen LogP contribution >= 0.6 is 0 Å². The Bertz CT molecular complexity index is 242. The van der Waals surface area contributed by atoms with Gasteiger partial charge in [0, 0.05) is 7.05 Å². The molecule has 1 aromatic rings. The van der Waals surface area contributed by atoms with E-state index in [0.717, 1.165) is 0 Å². The fourth-order valence-corrected chi connectivity index (χ4v) is 0.871. The number of aliphatic hydroxyl groups is 1. The molecule has 1 aromatic heterocycles. The number of hydrogen-bond acceptors (Lipinski definition) is 4. The van der Waals surface area contributed by atoms with E-state index in [-0.39, 0.29) is 6.61 Å². The summed E-state index contributed by atoms with van der Waals surface area (Å²) in [6.07, 6.45) is 1.55. The van der Waals surface area contributed by atoms with Crippen LogP contribution in [-0.2, 0) is 12.6 Å². The molecule has 1 heterocycles. The maximum atomic E-state index is 8.88. The Morgan fingerprint density at radius 1 is 1.82 bits per heavy atom. The Labute approximate surface area is 64.9 Å². The Hall–Kier alpha value is -0.940. The van der Waals surface area contributed by atoms with Crippen LogP contribution in [-0.4, -0.2) is 26.5 Å². The first kappa shape index (κ1) is 8.16. The van der Waals surface area contributed by atoms with Gasteiger partial charge in [-0.05, 0) is 6.92 Å². The first-order chi connectivity index (χ1) is 5.08. The summed E-state index contributed by atoms with van der Waals surface area (Å²) < 4.78 is 1.69. The molecule has 5 nitrogen and oxygen atoms in total. The summed E-state index contributed by atoms with van der Waals surface area (Å²) in [7, 11) is 1.79. The van der Waals surface area contributed by atoms with E-state index in [0.29, 0.717) is 5.82 Å². The quantitative estimate of drug-likeness (QED) is 0.574. The summed E-state index contributed by atoms with van der Waals surface area (Å²) in [5.74, 6) is 0.583. The van der Waals surface area contributed by atoms with Gasteiger partial charge in [-0.2, -0.15) is 0 Å². The lowest BCUT2D eigenvalue weighted by Gasteiger charge is -2.19. The first-order valence-corrected chi connectivity index (χ1v) is 3.32. The van der Waals surface area contributed by atoms with E-state index >= 15 is 0 Å². The maximum absolute atomic E-state index is 8.88. The number of aryl methyl sites for hydroxylation is 1. The zero-order valence-corrected chi connectivity index (χ0v) is 6.65. The van der Waals surface area contributed by atoms with Gasteiger partial charge < -0.3 is 15.4 Å². The van der Waals surface area contributed by atoms with Crippen LogP contribution in [0.3, 0.4) is 0 Å². The van der Waals surface area contributed by atoms with E-state index < -0.39 is 5.54 Å². The van der Waals surface area contributed by atoms with Crippen LogP contribution in [0.4, 0.5) is 0 Å². The molecule has 5 heteroatoms. The number of rotatable bonds is 2. The lowest BCUT2D eigenvalue weighted by Crippen LogP contribution is -2.39. The summed E-state index contributed by atoms with van der Waals surface area (Å²) >= 11 is 0. The Morgan fingerprint density at radius 2 is 2.45 bits per heavy atom. The van der Waals surface area contributed by atoms with Crippen molar-refractivity contribution in [3.05, 3.63) is 12.2 Å². The molecular formula is C6H12N4O. The third kappa shape index (κ3) is 1.38. The molecule has 0 saturated carbocycles. The second-order valence-corrected chi connectivity index (χ2v) is 2.84. The lowest BCUT2D eigenvalue weighted by molar-refractivity contribution is 0.200. The van der Waals surface area contributed by atoms with E-state index in [1.165, 1.54) is 0 Å². The molecule has 11 heavy (non-hydrogen) atoms. The van der Waals surface area contributed by atoms with Crippen LogP contribution in [0.25, 0.3) is 0 Å². The summed E-state index contributed by atoms with van der Waals surface area (Å²) in [6, 6.07) is 0. The minimum atomic E-state index is -0.800. The fourth-order valence-electron chi connectivity index (χ4n) is 0.871. The van der Waals surface area contributed by atoms with E-state index in [1.54, 1.807) is 24.9 Å². The molecule has 0 radical (unpaired) electrons. The average molecular weight is 156 g/mol. The van der Waals surface area contributed by atoms with Gasteiger partial charge in [0.05, 0.1) is 12.1 Å². The molecular weight excluding hydrogens is 144 g/mol. The molecule has 0 saturated heterocycles. The molecule has 0 spiro atoms. The van der Waals surface area contributed by atoms with Crippen molar-refractivity contribution in [2.24, 2.45) is 12.8 Å². The summed E-state index contributed by atoms with van der Waals surface area (Å²) in [6.45, 7) is 1.57. The van der Waals surface area contributed by atoms with Gasteiger partial charge in [-0.25, -0.2) is 0 Å². The number of nitrogens with two attached hydrogens (primary N) is 1. The summed E-state index contributed by atoms with van der Waals surface area (Å²) in [5, 5.41) is 16.3. The second-order valence-electron chi connectivity index (χ2n) is 2.84. The summed E-state index contributed by atoms with van der Waals surface area (Å²) in [5.41, 5.74) is 4.91. The standard InChI is InChI=1S/C6H12N4O/c1-6(7,3-11)5-9-8-4-10(5)2/h4,11H,3,7H2,1-2H3. The highest BCUT2D eigenvalue weighted by Gasteiger charge is 2.24. The lowest BCUT2D eigenvalue weighted by atomic mass is 10.1. The van der Waals surface area contributed by atoms with Crippen molar-refractivity contribution in [2.75, 3.05) is 6.61 Å². The predicted molar refractivity (Wildman–Crippen MR) is 39.6 cm³/mol. The minimum Gasteiger partial charge on any atom is -0.394 e. The van der Waals surface area contributed by atoms with Crippen molar-refractivity contribution >= 4 is 0 Å². The third-order valence-corrected chi connectivity index (χ3v) is 1.55. The molecule has 0 fully saturated rings. The van der Waals surface area contributed by atoms with Crippen molar-refractivity contribution in [1.29, 1.82) is 0 Å². The zero-order valence-electron chi connectivity index (χ0n) is 6.65. The van der Waals surface area contributed by atoms with Gasteiger partial charge in [0.25, 0.3) is 0 Å². The van der Waals surface area contributed by atoms with Crippen molar-refractivity contribution in [3.63, 3.8) is 0 Å². The normalized spacial score (nSPS) is 16.4. The molecule has 3 N–H and O–H groups in total. The van der Waals surface area contributed by atoms with Gasteiger partial charge in [0.15, 0.2) is 5.82 Å². The smallest absolute Gasteiger partial charge is 0.154 e. The summed E-state index contributed by atoms with van der Waals surface area (Å²) in [4.78, 5) is 0. The fraction of sp³-hybridized carbons (Fsp3) is 0.667. The first-order valence-electron chi connectivity index (χ1n) is 3.32. The van der Waals surface area contributed by atoms with Gasteiger partial charge in [0.1, 0.15) is 6.33 Å². The SMILES string of the molecule is Cn1cnnc1C(C)(N)CO. The highest BCUT2D eigenvalue weighted by atomic mass is 16.3. The van der Waals surface area contributed by atoms with Gasteiger partial charge in [-0.15, -0.1) is 10.2 Å². The largest absolute Gasteiger partial charge is 0.394 e. The van der Waals surface area contributed by atoms with Gasteiger partial charge in [-0.1, -0.05) is 0 Å². The molecule has 62 valence electrons. The van der Waals surface area contributed by atoms with Crippen molar-refractivity contribution in [3.8, 4) is 0 Å². The van der Waals surface area contributed by atoms with E-state index in [2.05, 4.69) is 10.2 Å². The molecule has 1 rings (SSSR count). The monoisotopic (exact) mass is 156 g/mol. The molecule has 0 aromatic carbocycles. The molecule has 1 atom stereocenters. The van der Waals surface area contributed by atoms with Crippen molar-refractivity contribution < 1.29 is 5.11 Å². The predicted octanol–water partition coefficient (Wildman–Crippen LogP) is -1.02. The van der Waals surface area contributed by atoms with Crippen molar-refractivity contribution in [2.45, 2.75) is 12.5 Å². The van der Waals surface area contributed by atoms with E-state index in [9.17, 15) is 0 Å². The number of aromatic nitrogens is 3. The molecule has 1 unspecified atom stereocenters. The van der Waals surface area contributed by atoms with Gasteiger partial charge in [0.2, 0.25) is 0 Å². The molecule has 0 amide bonds. The van der Waals surface area contributed by atoms with Crippen LogP contribution in [0.15, 0.2) is 6.33 Å². The highest BCUT2D eigenvalue weighted by molar-refractivity contribution is 5.01. The van der Waals surface area contributed by atoms with Gasteiger partial charge in [-0.3, -0.25) is 0 Å². The molecule has 0 aliphatic carbocycles. The Balaban J connectivity index is 3.00. The molecule has 0 bridgehead atoms. The Morgan fingerprint density at radius 3 is 2.82 bits per heavy atom. The maximum Gasteiger partial charge on any atom is 0.154 e. The molecule has 0 aliphatic rings. The molecule has 0 aliphatic heterocycles. The van der Waals surface area contributed by atoms with Crippen LogP contribution in [0.5, 0.6) is 0 Å². The van der Waals surface area contributed by atoms with Gasteiger partial charge >= 0.3 is 0 Å². The van der Waals surface area contributed by atoms with Crippen LogP contribution in [0, 0.1) is 0 Å². The number of hydrogen-bond donors (Lipinski definition) is 2. The van der Waals surface area contributed by atoms with E-state index in [4.69, 9.17) is 10.8 Å². The van der Waals surface area contributed by atoms with Crippen LogP contribution < -0.4 is 5.73 Å². The number of aliphatic hydroxyl groups excluding tert-OH is 1. The van der Waals surface area contributed by atoms with E-state index in [1.807, 2.05) is 0 Å². The zero-order chi connectivity index (χ0) is 8.48. The van der Waals surface area contributed by atoms with Crippen molar-refractivity contribution in [1.82, 2.24) is 14.8 Å². The Kier molecular flexibility index (Phi) is 1.92. The number of nitrogens with zero attached hydrogens (tertiary/aromatic N) is 3. The third-order valence-electron chi connectivity index (χ3n) is 1.55. The second kappa shape index (κ2) is 2.60. The average Bonchev–Trinajstić information content (AvgIpc) is 2.36. The topological polar surface area (TPSA) is 77.0 Å². The van der Waals surface area contributed by atoms with Crippen LogP contribution in [0.2, 0.25) is 0 Å². The minimum absolute atomic E-state index is 0.139. The highest BCUT2D eigenvalue weighted by Crippen LogP contribution is 2.11.